The monoisotopic (exact) mass is 446 g/mol. The lowest BCUT2D eigenvalue weighted by molar-refractivity contribution is -0.0334. The fourth-order valence-corrected chi connectivity index (χ4v) is 4.15. The van der Waals surface area contributed by atoms with Gasteiger partial charge < -0.3 is 14.2 Å². The van der Waals surface area contributed by atoms with Crippen LogP contribution in [0.2, 0.25) is 0 Å². The second-order valence-electron chi connectivity index (χ2n) is 8.27. The predicted molar refractivity (Wildman–Crippen MR) is 136 cm³/mol. The summed E-state index contributed by atoms with van der Waals surface area (Å²) in [5, 5.41) is 0. The van der Waals surface area contributed by atoms with Crippen LogP contribution in [0.5, 0.6) is 0 Å². The molecule has 0 aliphatic carbocycles. The normalized spacial score (nSPS) is 11.5. The predicted octanol–water partition coefficient (Wildman–Crippen LogP) is 7.00. The first-order chi connectivity index (χ1) is 16.4. The summed E-state index contributed by atoms with van der Waals surface area (Å²) in [6, 6.07) is 31.3. The van der Waals surface area contributed by atoms with Crippen molar-refractivity contribution < 1.29 is 14.2 Å². The minimum atomic E-state index is -0.692. The Hall–Kier alpha value is -2.46. The Balaban J connectivity index is 1.59. The molecule has 0 unspecified atom stereocenters. The van der Waals surface area contributed by atoms with Crippen molar-refractivity contribution in [2.24, 2.45) is 0 Å². The molecule has 0 saturated heterocycles. The molecule has 0 atom stereocenters. The van der Waals surface area contributed by atoms with Gasteiger partial charge >= 0.3 is 0 Å². The summed E-state index contributed by atoms with van der Waals surface area (Å²) < 4.78 is 18.2. The molecule has 0 bridgehead atoms. The molecule has 0 spiro atoms. The van der Waals surface area contributed by atoms with Gasteiger partial charge in [0.1, 0.15) is 5.60 Å². The van der Waals surface area contributed by atoms with Gasteiger partial charge in [0.05, 0.1) is 26.4 Å². The molecule has 3 rings (SSSR count). The van der Waals surface area contributed by atoms with Crippen LogP contribution in [0.3, 0.4) is 0 Å². The minimum absolute atomic E-state index is 0.482. The summed E-state index contributed by atoms with van der Waals surface area (Å²) in [6.07, 6.45) is 6.29. The average molecular weight is 447 g/mol. The first kappa shape index (κ1) is 25.2. The molecule has 3 nitrogen and oxygen atoms in total. The van der Waals surface area contributed by atoms with E-state index in [2.05, 4.69) is 79.7 Å². The van der Waals surface area contributed by atoms with Gasteiger partial charge in [0.25, 0.3) is 0 Å². The first-order valence-corrected chi connectivity index (χ1v) is 12.3. The second kappa shape index (κ2) is 14.6. The molecule has 0 aromatic heterocycles. The van der Waals surface area contributed by atoms with Crippen LogP contribution in [0.4, 0.5) is 0 Å². The molecule has 0 heterocycles. The Bertz CT molecular complexity index is 768. The third kappa shape index (κ3) is 7.53. The Morgan fingerprint density at radius 3 is 1.39 bits per heavy atom. The van der Waals surface area contributed by atoms with Gasteiger partial charge in [0.2, 0.25) is 0 Å². The minimum Gasteiger partial charge on any atom is -0.379 e. The van der Waals surface area contributed by atoms with Crippen molar-refractivity contribution >= 4 is 0 Å². The lowest BCUT2D eigenvalue weighted by Gasteiger charge is -2.36. The van der Waals surface area contributed by atoms with Gasteiger partial charge in [0.15, 0.2) is 0 Å². The molecular weight excluding hydrogens is 408 g/mol. The van der Waals surface area contributed by atoms with Gasteiger partial charge in [0, 0.05) is 6.61 Å². The van der Waals surface area contributed by atoms with Gasteiger partial charge in [-0.05, 0) is 23.1 Å². The zero-order chi connectivity index (χ0) is 23.0. The highest BCUT2D eigenvalue weighted by Crippen LogP contribution is 2.40. The van der Waals surface area contributed by atoms with Crippen molar-refractivity contribution in [1.82, 2.24) is 0 Å². The van der Waals surface area contributed by atoms with Gasteiger partial charge in [-0.2, -0.15) is 0 Å². The van der Waals surface area contributed by atoms with E-state index >= 15 is 0 Å². The van der Waals surface area contributed by atoms with E-state index < -0.39 is 5.60 Å². The van der Waals surface area contributed by atoms with E-state index in [0.717, 1.165) is 29.7 Å². The summed E-state index contributed by atoms with van der Waals surface area (Å²) in [6.45, 7) is 5.29. The standard InChI is InChI=1S/C30H38O3/c1-2-3-4-5-15-22-31-23-24-32-25-26-33-30(27-16-9-6-10-17-27,28-18-11-7-12-19-28)29-20-13-8-14-21-29/h6-14,16-21H,2-5,15,22-26H2,1H3. The van der Waals surface area contributed by atoms with Crippen molar-refractivity contribution in [1.29, 1.82) is 0 Å². The molecule has 3 aromatic rings. The molecule has 0 fully saturated rings. The molecule has 0 saturated carbocycles. The maximum Gasteiger partial charge on any atom is 0.143 e. The Labute approximate surface area is 199 Å². The fraction of sp³-hybridized carbons (Fsp3) is 0.400. The highest BCUT2D eigenvalue weighted by molar-refractivity contribution is 5.47. The van der Waals surface area contributed by atoms with Crippen LogP contribution in [0, 0.1) is 0 Å². The molecule has 176 valence electrons. The van der Waals surface area contributed by atoms with Crippen LogP contribution < -0.4 is 0 Å². The molecule has 0 aliphatic heterocycles. The van der Waals surface area contributed by atoms with Gasteiger partial charge in [-0.15, -0.1) is 0 Å². The highest BCUT2D eigenvalue weighted by atomic mass is 16.5. The number of hydrogen-bond donors (Lipinski definition) is 0. The Morgan fingerprint density at radius 2 is 0.909 bits per heavy atom. The van der Waals surface area contributed by atoms with Gasteiger partial charge in [-0.1, -0.05) is 124 Å². The van der Waals surface area contributed by atoms with Gasteiger partial charge in [-0.3, -0.25) is 0 Å². The third-order valence-corrected chi connectivity index (χ3v) is 5.85. The van der Waals surface area contributed by atoms with Crippen LogP contribution in [-0.2, 0) is 19.8 Å². The van der Waals surface area contributed by atoms with E-state index in [1.165, 1.54) is 25.7 Å². The lowest BCUT2D eigenvalue weighted by Crippen LogP contribution is -2.34. The molecular formula is C30H38O3. The van der Waals surface area contributed by atoms with Crippen LogP contribution >= 0.6 is 0 Å². The van der Waals surface area contributed by atoms with Crippen molar-refractivity contribution in [3.8, 4) is 0 Å². The molecule has 0 aliphatic rings. The molecule has 0 N–H and O–H groups in total. The van der Waals surface area contributed by atoms with E-state index in [4.69, 9.17) is 14.2 Å². The van der Waals surface area contributed by atoms with E-state index in [-0.39, 0.29) is 0 Å². The summed E-state index contributed by atoms with van der Waals surface area (Å²) in [5.74, 6) is 0. The molecule has 3 heteroatoms. The second-order valence-corrected chi connectivity index (χ2v) is 8.27. The van der Waals surface area contributed by atoms with Crippen molar-refractivity contribution in [3.05, 3.63) is 108 Å². The van der Waals surface area contributed by atoms with Crippen molar-refractivity contribution in [2.45, 2.75) is 44.6 Å². The summed E-state index contributed by atoms with van der Waals surface area (Å²) in [4.78, 5) is 0. The van der Waals surface area contributed by atoms with Crippen LogP contribution in [0.15, 0.2) is 91.0 Å². The summed E-state index contributed by atoms with van der Waals surface area (Å²) in [7, 11) is 0. The average Bonchev–Trinajstić information content (AvgIpc) is 2.89. The smallest absolute Gasteiger partial charge is 0.143 e. The zero-order valence-electron chi connectivity index (χ0n) is 20.0. The molecule has 0 radical (unpaired) electrons. The number of rotatable bonds is 16. The third-order valence-electron chi connectivity index (χ3n) is 5.85. The summed E-state index contributed by atoms with van der Waals surface area (Å²) in [5.41, 5.74) is 2.62. The number of benzene rings is 3. The number of unbranched alkanes of at least 4 members (excludes halogenated alkanes) is 4. The fourth-order valence-electron chi connectivity index (χ4n) is 4.15. The van der Waals surface area contributed by atoms with Crippen molar-refractivity contribution in [2.75, 3.05) is 33.0 Å². The SMILES string of the molecule is CCCCCCCOCCOCCOC(c1ccccc1)(c1ccccc1)c1ccccc1. The van der Waals surface area contributed by atoms with Crippen LogP contribution in [0.25, 0.3) is 0 Å². The number of hydrogen-bond acceptors (Lipinski definition) is 3. The van der Waals surface area contributed by atoms with E-state index in [1.54, 1.807) is 0 Å². The quantitative estimate of drug-likeness (QED) is 0.175. The van der Waals surface area contributed by atoms with Crippen molar-refractivity contribution in [3.63, 3.8) is 0 Å². The number of ether oxygens (including phenoxy) is 3. The largest absolute Gasteiger partial charge is 0.379 e. The van der Waals surface area contributed by atoms with Crippen LogP contribution in [-0.4, -0.2) is 33.0 Å². The molecule has 3 aromatic carbocycles. The topological polar surface area (TPSA) is 27.7 Å². The Kier molecular flexibility index (Phi) is 11.2. The maximum absolute atomic E-state index is 6.70. The van der Waals surface area contributed by atoms with Crippen LogP contribution in [0.1, 0.15) is 55.7 Å². The zero-order valence-corrected chi connectivity index (χ0v) is 20.0. The van der Waals surface area contributed by atoms with E-state index in [0.29, 0.717) is 26.4 Å². The van der Waals surface area contributed by atoms with E-state index in [9.17, 15) is 0 Å². The van der Waals surface area contributed by atoms with E-state index in [1.807, 2.05) is 18.2 Å². The molecule has 0 amide bonds. The molecule has 33 heavy (non-hydrogen) atoms. The highest BCUT2D eigenvalue weighted by Gasteiger charge is 2.37. The lowest BCUT2D eigenvalue weighted by atomic mass is 9.80. The Morgan fingerprint density at radius 1 is 0.485 bits per heavy atom. The maximum atomic E-state index is 6.70. The van der Waals surface area contributed by atoms with Gasteiger partial charge in [-0.25, -0.2) is 0 Å². The summed E-state index contributed by atoms with van der Waals surface area (Å²) >= 11 is 0. The first-order valence-electron chi connectivity index (χ1n) is 12.3.